The van der Waals surface area contributed by atoms with E-state index in [1.165, 1.54) is 23.1 Å². The second-order valence-electron chi connectivity index (χ2n) is 8.03. The van der Waals surface area contributed by atoms with Gasteiger partial charge in [0.1, 0.15) is 5.75 Å². The summed E-state index contributed by atoms with van der Waals surface area (Å²) in [6.07, 6.45) is 0.250. The van der Waals surface area contributed by atoms with Crippen LogP contribution >= 0.6 is 23.1 Å². The topological polar surface area (TPSA) is 86.1 Å². The third-order valence-electron chi connectivity index (χ3n) is 5.53. The molecule has 0 atom stereocenters. The lowest BCUT2D eigenvalue weighted by molar-refractivity contribution is -0.115. The number of hydrogen-bond donors (Lipinski definition) is 1. The molecule has 7 nitrogen and oxygen atoms in total. The normalized spacial score (nSPS) is 10.9. The lowest BCUT2D eigenvalue weighted by Crippen LogP contribution is -2.22. The number of nitrogens with one attached hydrogen (secondary N) is 1. The van der Waals surface area contributed by atoms with E-state index >= 15 is 0 Å². The summed E-state index contributed by atoms with van der Waals surface area (Å²) in [5, 5.41) is 6.45. The quantitative estimate of drug-likeness (QED) is 0.186. The number of rotatable bonds is 9. The number of thiazole rings is 1. The van der Waals surface area contributed by atoms with Crippen molar-refractivity contribution < 1.29 is 9.53 Å². The third kappa shape index (κ3) is 5.73. The van der Waals surface area contributed by atoms with Gasteiger partial charge in [0.05, 0.1) is 28.9 Å². The summed E-state index contributed by atoms with van der Waals surface area (Å²) in [6, 6.07) is 24.4. The Morgan fingerprint density at radius 3 is 2.54 bits per heavy atom. The number of fused-ring (bicyclic) bond motifs is 1. The first kappa shape index (κ1) is 24.7. The third-order valence-corrected chi connectivity index (χ3v) is 7.23. The molecule has 2 heterocycles. The van der Waals surface area contributed by atoms with Crippen LogP contribution < -0.4 is 15.6 Å². The number of carbonyl (C=O) groups is 1. The molecule has 0 fully saturated rings. The zero-order valence-corrected chi connectivity index (χ0v) is 21.7. The molecule has 0 saturated heterocycles. The van der Waals surface area contributed by atoms with E-state index in [4.69, 9.17) is 9.72 Å². The van der Waals surface area contributed by atoms with Crippen LogP contribution in [0.5, 0.6) is 5.75 Å². The van der Waals surface area contributed by atoms with Crippen LogP contribution in [0.3, 0.4) is 0 Å². The highest BCUT2D eigenvalue weighted by Crippen LogP contribution is 2.27. The van der Waals surface area contributed by atoms with E-state index in [1.54, 1.807) is 10.6 Å². The van der Waals surface area contributed by atoms with E-state index in [1.807, 2.05) is 85.1 Å². The predicted octanol–water partition coefficient (Wildman–Crippen LogP) is 6.03. The Morgan fingerprint density at radius 2 is 1.76 bits per heavy atom. The summed E-state index contributed by atoms with van der Waals surface area (Å²) < 4.78 is 7.09. The summed E-state index contributed by atoms with van der Waals surface area (Å²) in [5.41, 5.74) is 2.99. The van der Waals surface area contributed by atoms with Crippen LogP contribution in [-0.4, -0.2) is 32.8 Å². The molecule has 5 aromatic rings. The maximum absolute atomic E-state index is 13.3. The fourth-order valence-electron chi connectivity index (χ4n) is 3.78. The molecule has 0 saturated carbocycles. The molecule has 3 aromatic carbocycles. The average Bonchev–Trinajstić information content (AvgIpc) is 3.38. The van der Waals surface area contributed by atoms with Crippen molar-refractivity contribution >= 4 is 45.0 Å². The molecule has 0 aliphatic heterocycles. The van der Waals surface area contributed by atoms with Crippen LogP contribution in [0.2, 0.25) is 0 Å². The minimum absolute atomic E-state index is 0.131. The maximum Gasteiger partial charge on any atom is 0.266 e. The summed E-state index contributed by atoms with van der Waals surface area (Å²) >= 11 is 2.76. The molecule has 0 bridgehead atoms. The molecule has 9 heteroatoms. The number of thioether (sulfide) groups is 1. The zero-order chi connectivity index (χ0) is 25.6. The van der Waals surface area contributed by atoms with Crippen LogP contribution in [0.15, 0.2) is 94.2 Å². The molecular formula is C28H24N4O3S2. The van der Waals surface area contributed by atoms with Gasteiger partial charge in [-0.05, 0) is 55.5 Å². The van der Waals surface area contributed by atoms with Crippen LogP contribution in [-0.2, 0) is 4.79 Å². The van der Waals surface area contributed by atoms with Crippen molar-refractivity contribution in [2.24, 2.45) is 0 Å². The van der Waals surface area contributed by atoms with Crippen molar-refractivity contribution in [3.63, 3.8) is 0 Å². The van der Waals surface area contributed by atoms with Crippen LogP contribution in [0.1, 0.15) is 13.3 Å². The highest BCUT2D eigenvalue weighted by molar-refractivity contribution is 7.99. The summed E-state index contributed by atoms with van der Waals surface area (Å²) in [4.78, 5) is 35.2. The Bertz CT molecular complexity index is 1580. The lowest BCUT2D eigenvalue weighted by Gasteiger charge is -2.13. The maximum atomic E-state index is 13.3. The van der Waals surface area contributed by atoms with E-state index in [0.717, 1.165) is 22.7 Å². The Labute approximate surface area is 222 Å². The molecule has 1 N–H and O–H groups in total. The molecule has 5 rings (SSSR count). The SMILES string of the molecule is CCOc1ccc(-c2csc(NC(=O)CCSc3nc4ccccc4c(=O)n3-c3ccccc3)n2)cc1. The number of amides is 1. The molecule has 0 spiro atoms. The van der Waals surface area contributed by atoms with E-state index < -0.39 is 0 Å². The van der Waals surface area contributed by atoms with Gasteiger partial charge in [-0.25, -0.2) is 9.97 Å². The van der Waals surface area contributed by atoms with Crippen molar-refractivity contribution in [3.8, 4) is 22.7 Å². The lowest BCUT2D eigenvalue weighted by atomic mass is 10.2. The Kier molecular flexibility index (Phi) is 7.62. The van der Waals surface area contributed by atoms with Crippen LogP contribution in [0.4, 0.5) is 5.13 Å². The van der Waals surface area contributed by atoms with Crippen LogP contribution in [0.25, 0.3) is 27.8 Å². The van der Waals surface area contributed by atoms with Crippen molar-refractivity contribution in [1.82, 2.24) is 14.5 Å². The number of nitrogens with zero attached hydrogens (tertiary/aromatic N) is 3. The molecule has 0 aliphatic carbocycles. The van der Waals surface area contributed by atoms with Crippen molar-refractivity contribution in [2.45, 2.75) is 18.5 Å². The first-order valence-corrected chi connectivity index (χ1v) is 13.7. The van der Waals surface area contributed by atoms with E-state index in [9.17, 15) is 9.59 Å². The molecule has 186 valence electrons. The number of carbonyl (C=O) groups excluding carboxylic acids is 1. The first-order chi connectivity index (χ1) is 18.1. The number of hydrogen-bond acceptors (Lipinski definition) is 7. The first-order valence-electron chi connectivity index (χ1n) is 11.8. The van der Waals surface area contributed by atoms with Gasteiger partial charge in [0, 0.05) is 23.1 Å². The van der Waals surface area contributed by atoms with Gasteiger partial charge in [-0.1, -0.05) is 42.1 Å². The average molecular weight is 529 g/mol. The molecule has 0 aliphatic rings. The zero-order valence-electron chi connectivity index (χ0n) is 20.1. The Morgan fingerprint density at radius 1 is 1.00 bits per heavy atom. The van der Waals surface area contributed by atoms with Gasteiger partial charge in [-0.2, -0.15) is 0 Å². The minimum Gasteiger partial charge on any atom is -0.494 e. The van der Waals surface area contributed by atoms with Crippen molar-refractivity contribution in [3.05, 3.63) is 94.6 Å². The number of benzene rings is 3. The van der Waals surface area contributed by atoms with Crippen LogP contribution in [0, 0.1) is 0 Å². The monoisotopic (exact) mass is 528 g/mol. The van der Waals surface area contributed by atoms with Crippen molar-refractivity contribution in [2.75, 3.05) is 17.7 Å². The summed E-state index contributed by atoms with van der Waals surface area (Å²) in [7, 11) is 0. The molecule has 37 heavy (non-hydrogen) atoms. The van der Waals surface area contributed by atoms with E-state index in [0.29, 0.717) is 33.6 Å². The minimum atomic E-state index is -0.144. The molecular weight excluding hydrogens is 504 g/mol. The largest absolute Gasteiger partial charge is 0.494 e. The fraction of sp³-hybridized carbons (Fsp3) is 0.143. The number of para-hydroxylation sites is 2. The van der Waals surface area contributed by atoms with Gasteiger partial charge in [0.2, 0.25) is 5.91 Å². The molecule has 2 aromatic heterocycles. The summed E-state index contributed by atoms with van der Waals surface area (Å²) in [5.74, 6) is 1.13. The number of anilines is 1. The second-order valence-corrected chi connectivity index (χ2v) is 9.95. The molecule has 0 unspecified atom stereocenters. The number of ether oxygens (including phenoxy) is 1. The standard InChI is InChI=1S/C28H24N4O3S2/c1-2-35-21-14-12-19(13-15-21)24-18-37-27(29-24)31-25(33)16-17-36-28-30-23-11-7-6-10-22(23)26(34)32(28)20-8-4-3-5-9-20/h3-15,18H,2,16-17H2,1H3,(H,29,31,33). The van der Waals surface area contributed by atoms with E-state index in [-0.39, 0.29) is 17.9 Å². The van der Waals surface area contributed by atoms with Gasteiger partial charge in [-0.15, -0.1) is 11.3 Å². The molecule has 1 amide bonds. The van der Waals surface area contributed by atoms with Gasteiger partial charge >= 0.3 is 0 Å². The molecule has 0 radical (unpaired) electrons. The van der Waals surface area contributed by atoms with E-state index in [2.05, 4.69) is 10.3 Å². The van der Waals surface area contributed by atoms with Gasteiger partial charge in [-0.3, -0.25) is 14.2 Å². The summed E-state index contributed by atoms with van der Waals surface area (Å²) in [6.45, 7) is 2.56. The Hall–Kier alpha value is -3.95. The van der Waals surface area contributed by atoms with Crippen molar-refractivity contribution in [1.29, 1.82) is 0 Å². The van der Waals surface area contributed by atoms with Gasteiger partial charge in [0.25, 0.3) is 5.56 Å². The Balaban J connectivity index is 1.26. The predicted molar refractivity (Wildman–Crippen MR) is 150 cm³/mol. The second kappa shape index (κ2) is 11.4. The smallest absolute Gasteiger partial charge is 0.266 e. The van der Waals surface area contributed by atoms with Gasteiger partial charge < -0.3 is 10.1 Å². The highest BCUT2D eigenvalue weighted by Gasteiger charge is 2.14. The highest BCUT2D eigenvalue weighted by atomic mass is 32.2. The van der Waals surface area contributed by atoms with Gasteiger partial charge in [0.15, 0.2) is 10.3 Å². The fourth-order valence-corrected chi connectivity index (χ4v) is 5.47. The number of aromatic nitrogens is 3.